The second kappa shape index (κ2) is 21.0. The van der Waals surface area contributed by atoms with Crippen LogP contribution in [0.1, 0.15) is 89.8 Å². The minimum absolute atomic E-state index is 0.0157. The van der Waals surface area contributed by atoms with Crippen molar-refractivity contribution in [2.75, 3.05) is 12.4 Å². The van der Waals surface area contributed by atoms with Gasteiger partial charge in [-0.25, -0.2) is 14.6 Å². The zero-order valence-corrected chi connectivity index (χ0v) is 33.7. The number of thiazole rings is 1. The third-order valence-electron chi connectivity index (χ3n) is 6.54. The second-order valence-corrected chi connectivity index (χ2v) is 21.8. The number of carbonyl (C=O) groups excluding carboxylic acids is 6. The lowest BCUT2D eigenvalue weighted by molar-refractivity contribution is -0.156. The fourth-order valence-electron chi connectivity index (χ4n) is 3.88. The molecule has 0 radical (unpaired) electrons. The Morgan fingerprint density at radius 2 is 1.72 bits per heavy atom. The Hall–Kier alpha value is -3.50. The maximum Gasteiger partial charge on any atom is 0.408 e. The number of allylic oxidation sites excluding steroid dienone is 2. The first-order valence-corrected chi connectivity index (χ1v) is 22.1. The van der Waals surface area contributed by atoms with E-state index in [-0.39, 0.29) is 29.5 Å². The van der Waals surface area contributed by atoms with Gasteiger partial charge >= 0.3 is 18.0 Å². The molecule has 3 atom stereocenters. The standard InChI is InChI=1S/C34H54N4O9S2Si/c1-12-25(36-30(42)26-20-49-31(37-26)22(4)35-33(44)47-34(6,7)8)29(41)38-28(21(2)3)32(43)46-24(15-13-14-17-48-23(5)39)19-27(40)45-16-18-50(9,10)11/h12-13,15,20-22,24,28H,14,16-19H2,1-11H3,(H,35,44)(H,36,42)(H,38,41). The molecule has 1 rings (SSSR count). The molecule has 0 saturated carbocycles. The van der Waals surface area contributed by atoms with Crippen LogP contribution in [-0.2, 0) is 33.4 Å². The zero-order valence-electron chi connectivity index (χ0n) is 31.1. The highest BCUT2D eigenvalue weighted by Crippen LogP contribution is 2.19. The predicted molar refractivity (Wildman–Crippen MR) is 198 cm³/mol. The molecule has 1 heterocycles. The van der Waals surface area contributed by atoms with Crippen LogP contribution in [0.5, 0.6) is 0 Å². The first-order chi connectivity index (χ1) is 23.1. The molecule has 16 heteroatoms. The van der Waals surface area contributed by atoms with Crippen molar-refractivity contribution in [2.45, 2.75) is 118 Å². The summed E-state index contributed by atoms with van der Waals surface area (Å²) in [4.78, 5) is 80.0. The van der Waals surface area contributed by atoms with E-state index in [9.17, 15) is 28.8 Å². The quantitative estimate of drug-likeness (QED) is 0.0405. The van der Waals surface area contributed by atoms with E-state index < -0.39 is 67.6 Å². The Balaban J connectivity index is 2.97. The third kappa shape index (κ3) is 18.5. The van der Waals surface area contributed by atoms with Gasteiger partial charge in [0.25, 0.3) is 11.8 Å². The molecular formula is C34H54N4O9S2Si. The number of thioether (sulfide) groups is 1. The summed E-state index contributed by atoms with van der Waals surface area (Å²) in [6, 6.07) is -0.864. The number of nitrogens with zero attached hydrogens (tertiary/aromatic N) is 1. The Bertz CT molecular complexity index is 1400. The van der Waals surface area contributed by atoms with E-state index in [0.29, 0.717) is 17.2 Å². The summed E-state index contributed by atoms with van der Waals surface area (Å²) >= 11 is 2.32. The topological polar surface area (TPSA) is 179 Å². The van der Waals surface area contributed by atoms with Crippen molar-refractivity contribution in [1.29, 1.82) is 0 Å². The van der Waals surface area contributed by atoms with Gasteiger partial charge in [0.1, 0.15) is 34.1 Å². The minimum Gasteiger partial charge on any atom is -0.466 e. The highest BCUT2D eigenvalue weighted by Gasteiger charge is 2.30. The molecule has 3 unspecified atom stereocenters. The monoisotopic (exact) mass is 754 g/mol. The predicted octanol–water partition coefficient (Wildman–Crippen LogP) is 5.91. The number of hydrogen-bond donors (Lipinski definition) is 3. The number of rotatable bonds is 18. The van der Waals surface area contributed by atoms with Crippen LogP contribution in [0.15, 0.2) is 29.3 Å². The molecule has 13 nitrogen and oxygen atoms in total. The van der Waals surface area contributed by atoms with Crippen molar-refractivity contribution in [2.24, 2.45) is 5.92 Å². The molecule has 0 fully saturated rings. The van der Waals surface area contributed by atoms with Gasteiger partial charge in [-0.2, -0.15) is 0 Å². The van der Waals surface area contributed by atoms with E-state index in [1.165, 1.54) is 18.4 Å². The SMILES string of the molecule is CC=C(NC(=O)c1csc(C(C)NC(=O)OC(C)(C)C)n1)C(=O)NC(C(=O)OC(C=CCCSC(C)=O)CC(=O)OCC[Si](C)(C)C)C(C)C. The lowest BCUT2D eigenvalue weighted by Crippen LogP contribution is -2.48. The second-order valence-electron chi connectivity index (χ2n) is 14.1. The summed E-state index contributed by atoms with van der Waals surface area (Å²) in [5, 5.41) is 9.77. The summed E-state index contributed by atoms with van der Waals surface area (Å²) in [5.74, 6) is -2.57. The van der Waals surface area contributed by atoms with Gasteiger partial charge < -0.3 is 30.2 Å². The molecule has 0 bridgehead atoms. The smallest absolute Gasteiger partial charge is 0.408 e. The lowest BCUT2D eigenvalue weighted by Gasteiger charge is -2.24. The highest BCUT2D eigenvalue weighted by molar-refractivity contribution is 8.13. The van der Waals surface area contributed by atoms with Crippen LogP contribution in [-0.4, -0.2) is 78.1 Å². The molecule has 280 valence electrons. The van der Waals surface area contributed by atoms with Gasteiger partial charge in [-0.3, -0.25) is 19.2 Å². The van der Waals surface area contributed by atoms with Crippen LogP contribution in [0.3, 0.4) is 0 Å². The summed E-state index contributed by atoms with van der Waals surface area (Å²) in [5.41, 5.74) is -0.765. The first-order valence-electron chi connectivity index (χ1n) is 16.5. The number of aromatic nitrogens is 1. The van der Waals surface area contributed by atoms with Crippen molar-refractivity contribution in [1.82, 2.24) is 20.9 Å². The number of alkyl carbamates (subject to hydrolysis) is 1. The molecule has 0 aliphatic carbocycles. The Morgan fingerprint density at radius 3 is 2.28 bits per heavy atom. The molecule has 3 N–H and O–H groups in total. The normalized spacial score (nSPS) is 14.0. The zero-order chi connectivity index (χ0) is 38.2. The van der Waals surface area contributed by atoms with E-state index in [4.69, 9.17) is 14.2 Å². The number of nitrogens with one attached hydrogen (secondary N) is 3. The van der Waals surface area contributed by atoms with Gasteiger partial charge in [0, 0.05) is 26.1 Å². The van der Waals surface area contributed by atoms with E-state index >= 15 is 0 Å². The van der Waals surface area contributed by atoms with Gasteiger partial charge in [-0.1, -0.05) is 57.4 Å². The largest absolute Gasteiger partial charge is 0.466 e. The molecule has 0 aromatic carbocycles. The molecule has 0 aliphatic heterocycles. The Morgan fingerprint density at radius 1 is 1.06 bits per heavy atom. The Kier molecular flexibility index (Phi) is 18.7. The molecule has 50 heavy (non-hydrogen) atoms. The van der Waals surface area contributed by atoms with Crippen molar-refractivity contribution < 1.29 is 43.0 Å². The van der Waals surface area contributed by atoms with Gasteiger partial charge in [0.2, 0.25) is 0 Å². The van der Waals surface area contributed by atoms with E-state index in [1.807, 2.05) is 0 Å². The van der Waals surface area contributed by atoms with Crippen molar-refractivity contribution in [3.8, 4) is 0 Å². The average Bonchev–Trinajstić information content (AvgIpc) is 3.47. The van der Waals surface area contributed by atoms with E-state index in [0.717, 1.165) is 29.1 Å². The number of hydrogen-bond acceptors (Lipinski definition) is 12. The number of ether oxygens (including phenoxy) is 3. The fourth-order valence-corrected chi connectivity index (χ4v) is 5.95. The molecule has 0 aliphatic rings. The molecular weight excluding hydrogens is 701 g/mol. The molecule has 1 aromatic heterocycles. The maximum atomic E-state index is 13.4. The summed E-state index contributed by atoms with van der Waals surface area (Å²) in [6.07, 6.45) is 3.41. The summed E-state index contributed by atoms with van der Waals surface area (Å²) < 4.78 is 16.4. The molecule has 1 aromatic rings. The van der Waals surface area contributed by atoms with E-state index in [2.05, 4.69) is 40.6 Å². The third-order valence-corrected chi connectivity index (χ3v) is 10.1. The van der Waals surface area contributed by atoms with Crippen molar-refractivity contribution in [3.05, 3.63) is 40.0 Å². The molecule has 3 amide bonds. The van der Waals surface area contributed by atoms with Crippen LogP contribution in [0.4, 0.5) is 4.79 Å². The van der Waals surface area contributed by atoms with Gasteiger partial charge in [-0.05, 0) is 59.1 Å². The highest BCUT2D eigenvalue weighted by atomic mass is 32.2. The van der Waals surface area contributed by atoms with Gasteiger partial charge in [0.15, 0.2) is 5.12 Å². The summed E-state index contributed by atoms with van der Waals surface area (Å²) in [7, 11) is -1.43. The minimum atomic E-state index is -1.43. The van der Waals surface area contributed by atoms with Gasteiger partial charge in [-0.15, -0.1) is 11.3 Å². The lowest BCUT2D eigenvalue weighted by atomic mass is 10.0. The number of amides is 3. The maximum absolute atomic E-state index is 13.4. The number of carbonyl (C=O) groups is 6. The van der Waals surface area contributed by atoms with Crippen LogP contribution in [0.2, 0.25) is 25.7 Å². The van der Waals surface area contributed by atoms with Crippen molar-refractivity contribution in [3.63, 3.8) is 0 Å². The summed E-state index contributed by atoms with van der Waals surface area (Å²) in [6.45, 7) is 20.2. The Labute approximate surface area is 305 Å². The van der Waals surface area contributed by atoms with Crippen LogP contribution >= 0.6 is 23.1 Å². The van der Waals surface area contributed by atoms with Gasteiger partial charge in [0.05, 0.1) is 19.1 Å². The van der Waals surface area contributed by atoms with Crippen molar-refractivity contribution >= 4 is 66.1 Å². The first kappa shape index (κ1) is 44.5. The van der Waals surface area contributed by atoms with E-state index in [1.54, 1.807) is 60.6 Å². The molecule has 0 saturated heterocycles. The number of esters is 2. The fraction of sp³-hybridized carbons (Fsp3) is 0.618. The average molecular weight is 755 g/mol. The van der Waals surface area contributed by atoms with Crippen LogP contribution < -0.4 is 16.0 Å². The van der Waals surface area contributed by atoms with Crippen LogP contribution in [0.25, 0.3) is 0 Å². The van der Waals surface area contributed by atoms with Crippen LogP contribution in [0, 0.1) is 5.92 Å². The molecule has 0 spiro atoms.